The number of H-pyrrole nitrogens is 2. The van der Waals surface area contributed by atoms with Gasteiger partial charge in [0, 0.05) is 53.5 Å². The minimum absolute atomic E-state index is 0.00254. The molecule has 2 aromatic heterocycles. The van der Waals surface area contributed by atoms with Crippen LogP contribution in [0.2, 0.25) is 0 Å². The SMILES string of the molecule is CC(C)CC(N)C(=O)NC(CC(=O)O)C(=O)NC(Cc1c[nH]c2ccccc12)C(=O)NC(CCC(=O)O)C(=O)NC(Cc1c[nH]c2ccccc12)C(=O)NC(CC(C)C)C(=O)O. The Labute approximate surface area is 357 Å². The van der Waals surface area contributed by atoms with Gasteiger partial charge in [0.25, 0.3) is 0 Å². The fourth-order valence-corrected chi connectivity index (χ4v) is 7.06. The number of hydrogen-bond acceptors (Lipinski definition) is 9. The molecule has 4 aromatic rings. The minimum atomic E-state index is -1.67. The average molecular weight is 861 g/mol. The molecule has 0 fully saturated rings. The topological polar surface area (TPSA) is 315 Å². The van der Waals surface area contributed by atoms with Crippen molar-refractivity contribution in [3.05, 3.63) is 72.1 Å². The van der Waals surface area contributed by atoms with E-state index in [-0.39, 0.29) is 37.5 Å². The summed E-state index contributed by atoms with van der Waals surface area (Å²) in [6.45, 7) is 7.22. The lowest BCUT2D eigenvalue weighted by Crippen LogP contribution is -2.60. The quantitative estimate of drug-likeness (QED) is 0.0480. The first-order chi connectivity index (χ1) is 29.3. The lowest BCUT2D eigenvalue weighted by molar-refractivity contribution is -0.143. The number of carboxylic acids is 3. The molecule has 0 saturated carbocycles. The van der Waals surface area contributed by atoms with Crippen LogP contribution in [0, 0.1) is 11.8 Å². The van der Waals surface area contributed by atoms with Gasteiger partial charge >= 0.3 is 17.9 Å². The van der Waals surface area contributed by atoms with Gasteiger partial charge in [-0.1, -0.05) is 64.1 Å². The van der Waals surface area contributed by atoms with E-state index in [2.05, 4.69) is 36.6 Å². The fourth-order valence-electron chi connectivity index (χ4n) is 7.06. The molecule has 62 heavy (non-hydrogen) atoms. The Hall–Kier alpha value is -6.76. The number of aliphatic carboxylic acids is 3. The highest BCUT2D eigenvalue weighted by molar-refractivity contribution is 5.98. The number of nitrogens with one attached hydrogen (secondary N) is 7. The van der Waals surface area contributed by atoms with Crippen molar-refractivity contribution in [2.75, 3.05) is 0 Å². The van der Waals surface area contributed by atoms with Crippen LogP contribution in [0.1, 0.15) is 70.9 Å². The number of carbonyl (C=O) groups excluding carboxylic acids is 5. The predicted molar refractivity (Wildman–Crippen MR) is 227 cm³/mol. The zero-order chi connectivity index (χ0) is 45.7. The molecule has 0 bridgehead atoms. The molecule has 0 spiro atoms. The second kappa shape index (κ2) is 22.2. The smallest absolute Gasteiger partial charge is 0.326 e. The summed E-state index contributed by atoms with van der Waals surface area (Å²) < 4.78 is 0. The average Bonchev–Trinajstić information content (AvgIpc) is 3.81. The molecule has 6 atom stereocenters. The number of nitrogens with two attached hydrogens (primary N) is 1. The first-order valence-corrected chi connectivity index (χ1v) is 20.4. The summed E-state index contributed by atoms with van der Waals surface area (Å²) >= 11 is 0. The third-order valence-corrected chi connectivity index (χ3v) is 10.1. The lowest BCUT2D eigenvalue weighted by atomic mass is 10.0. The number of para-hydroxylation sites is 2. The van der Waals surface area contributed by atoms with Gasteiger partial charge < -0.3 is 57.6 Å². The van der Waals surface area contributed by atoms with E-state index in [4.69, 9.17) is 5.73 Å². The summed E-state index contributed by atoms with van der Waals surface area (Å²) in [7, 11) is 0. The van der Waals surface area contributed by atoms with Gasteiger partial charge in [-0.25, -0.2) is 4.79 Å². The standard InChI is InChI=1S/C43H56N8O11/c1-22(2)15-28(44)38(56)48-34(19-37(54)55)42(60)50-32(17-24-20-45-29-11-7-5-9-26(24)29)40(58)47-31(13-14-36(52)53)39(57)49-33(41(59)51-35(43(61)62)16-23(3)4)18-25-21-46-30-12-8-6-10-27(25)30/h5-12,20-23,28,31-35,45-46H,13-19,44H2,1-4H3,(H,47,58)(H,48,56)(H,49,57)(H,50,60)(H,51,59)(H,52,53)(H,54,55)(H,61,62). The molecule has 2 heterocycles. The van der Waals surface area contributed by atoms with Crippen LogP contribution in [0.5, 0.6) is 0 Å². The zero-order valence-corrected chi connectivity index (χ0v) is 35.0. The summed E-state index contributed by atoms with van der Waals surface area (Å²) in [6, 6.07) is 5.65. The number of benzene rings is 2. The molecule has 5 amide bonds. The number of carboxylic acid groups (broad SMARTS) is 3. The van der Waals surface area contributed by atoms with Crippen LogP contribution in [0.15, 0.2) is 60.9 Å². The van der Waals surface area contributed by atoms with Crippen LogP contribution in [-0.4, -0.2) is 109 Å². The summed E-state index contributed by atoms with van der Waals surface area (Å²) in [6.07, 6.45) is 1.26. The van der Waals surface area contributed by atoms with E-state index in [1.807, 2.05) is 13.8 Å². The van der Waals surface area contributed by atoms with E-state index in [0.29, 0.717) is 22.0 Å². The molecular formula is C43H56N8O11. The molecule has 6 unspecified atom stereocenters. The van der Waals surface area contributed by atoms with Gasteiger partial charge in [-0.05, 0) is 54.4 Å². The highest BCUT2D eigenvalue weighted by Crippen LogP contribution is 2.21. The van der Waals surface area contributed by atoms with E-state index in [1.165, 1.54) is 0 Å². The highest BCUT2D eigenvalue weighted by Gasteiger charge is 2.35. The number of aromatic amines is 2. The van der Waals surface area contributed by atoms with Gasteiger partial charge in [-0.2, -0.15) is 0 Å². The summed E-state index contributed by atoms with van der Waals surface area (Å²) in [5.74, 6) is -8.79. The van der Waals surface area contributed by atoms with Gasteiger partial charge in [-0.3, -0.25) is 33.6 Å². The number of rotatable bonds is 24. The van der Waals surface area contributed by atoms with Crippen molar-refractivity contribution in [3.63, 3.8) is 0 Å². The van der Waals surface area contributed by atoms with Crippen LogP contribution < -0.4 is 32.3 Å². The molecule has 4 rings (SSSR count). The maximum absolute atomic E-state index is 14.3. The number of hydrogen-bond donors (Lipinski definition) is 11. The van der Waals surface area contributed by atoms with E-state index in [1.54, 1.807) is 74.8 Å². The Balaban J connectivity index is 1.67. The zero-order valence-electron chi connectivity index (χ0n) is 35.0. The van der Waals surface area contributed by atoms with E-state index < -0.39 is 103 Å². The van der Waals surface area contributed by atoms with E-state index in [9.17, 15) is 53.7 Å². The summed E-state index contributed by atoms with van der Waals surface area (Å²) in [5.41, 5.74) is 8.56. The molecule has 0 aliphatic carbocycles. The number of fused-ring (bicyclic) bond motifs is 2. The highest BCUT2D eigenvalue weighted by atomic mass is 16.4. The molecule has 0 saturated heterocycles. The Morgan fingerprint density at radius 1 is 0.548 bits per heavy atom. The van der Waals surface area contributed by atoms with Crippen LogP contribution >= 0.6 is 0 Å². The number of aromatic nitrogens is 2. The predicted octanol–water partition coefficient (Wildman–Crippen LogP) is 1.70. The van der Waals surface area contributed by atoms with Crippen LogP contribution in [-0.2, 0) is 51.2 Å². The third-order valence-electron chi connectivity index (χ3n) is 10.1. The molecule has 0 aliphatic heterocycles. The molecule has 19 nitrogen and oxygen atoms in total. The second-order valence-electron chi connectivity index (χ2n) is 16.2. The van der Waals surface area contributed by atoms with Gasteiger partial charge in [0.1, 0.15) is 30.2 Å². The molecule has 2 aromatic carbocycles. The monoisotopic (exact) mass is 860 g/mol. The Morgan fingerprint density at radius 3 is 1.42 bits per heavy atom. The van der Waals surface area contributed by atoms with Crippen molar-refractivity contribution in [2.24, 2.45) is 17.6 Å². The lowest BCUT2D eigenvalue weighted by Gasteiger charge is -2.27. The van der Waals surface area contributed by atoms with Crippen LogP contribution in [0.25, 0.3) is 21.8 Å². The summed E-state index contributed by atoms with van der Waals surface area (Å²) in [4.78, 5) is 111. The van der Waals surface area contributed by atoms with Gasteiger partial charge in [-0.15, -0.1) is 0 Å². The molecule has 0 radical (unpaired) electrons. The van der Waals surface area contributed by atoms with Gasteiger partial charge in [0.15, 0.2) is 0 Å². The Bertz CT molecular complexity index is 2250. The first kappa shape index (κ1) is 47.9. The second-order valence-corrected chi connectivity index (χ2v) is 16.2. The largest absolute Gasteiger partial charge is 0.481 e. The van der Waals surface area contributed by atoms with Crippen molar-refractivity contribution in [2.45, 2.75) is 109 Å². The molecule has 12 N–H and O–H groups in total. The molecule has 0 aliphatic rings. The van der Waals surface area contributed by atoms with Crippen molar-refractivity contribution < 1.29 is 53.7 Å². The fraction of sp³-hybridized carbons (Fsp3) is 0.442. The van der Waals surface area contributed by atoms with Crippen LogP contribution in [0.3, 0.4) is 0 Å². The Kier molecular flexibility index (Phi) is 17.1. The molecule has 19 heteroatoms. The number of amides is 5. The normalized spacial score (nSPS) is 14.3. The maximum Gasteiger partial charge on any atom is 0.326 e. The van der Waals surface area contributed by atoms with Crippen molar-refractivity contribution in [1.29, 1.82) is 0 Å². The van der Waals surface area contributed by atoms with Crippen molar-refractivity contribution in [1.82, 2.24) is 36.6 Å². The molecule has 334 valence electrons. The molecular weight excluding hydrogens is 805 g/mol. The van der Waals surface area contributed by atoms with Crippen molar-refractivity contribution >= 4 is 69.2 Å². The maximum atomic E-state index is 14.3. The van der Waals surface area contributed by atoms with E-state index in [0.717, 1.165) is 10.9 Å². The van der Waals surface area contributed by atoms with Gasteiger partial charge in [0.05, 0.1) is 12.5 Å². The third kappa shape index (κ3) is 13.9. The number of carbonyl (C=O) groups is 8. The van der Waals surface area contributed by atoms with Crippen molar-refractivity contribution in [3.8, 4) is 0 Å². The van der Waals surface area contributed by atoms with E-state index >= 15 is 0 Å². The minimum Gasteiger partial charge on any atom is -0.481 e. The Morgan fingerprint density at radius 2 is 0.968 bits per heavy atom. The first-order valence-electron chi connectivity index (χ1n) is 20.4. The van der Waals surface area contributed by atoms with Crippen LogP contribution in [0.4, 0.5) is 0 Å². The summed E-state index contributed by atoms with van der Waals surface area (Å²) in [5, 5.41) is 43.1. The van der Waals surface area contributed by atoms with Gasteiger partial charge in [0.2, 0.25) is 29.5 Å².